The number of benzene rings is 1. The van der Waals surface area contributed by atoms with E-state index in [1.807, 2.05) is 26.0 Å². The van der Waals surface area contributed by atoms with Gasteiger partial charge in [-0.1, -0.05) is 6.42 Å². The Bertz CT molecular complexity index is 654. The summed E-state index contributed by atoms with van der Waals surface area (Å²) in [5.74, 6) is 0.411. The van der Waals surface area contributed by atoms with Crippen molar-refractivity contribution in [3.8, 4) is 5.75 Å². The molecule has 0 aromatic heterocycles. The van der Waals surface area contributed by atoms with Gasteiger partial charge >= 0.3 is 0 Å². The Hall–Kier alpha value is -1.60. The van der Waals surface area contributed by atoms with E-state index in [9.17, 15) is 13.2 Å². The van der Waals surface area contributed by atoms with Crippen LogP contribution in [0.2, 0.25) is 0 Å². The predicted octanol–water partition coefficient (Wildman–Crippen LogP) is 2.95. The summed E-state index contributed by atoms with van der Waals surface area (Å²) in [7, 11) is -3.49. The van der Waals surface area contributed by atoms with Crippen LogP contribution in [-0.2, 0) is 19.1 Å². The molecular formula is C17H25NO5S. The molecule has 0 spiro atoms. The van der Waals surface area contributed by atoms with Gasteiger partial charge in [0.15, 0.2) is 0 Å². The number of hydrogen-bond donors (Lipinski definition) is 1. The van der Waals surface area contributed by atoms with E-state index < -0.39 is 16.2 Å². The highest BCUT2D eigenvalue weighted by Crippen LogP contribution is 2.28. The molecule has 1 saturated carbocycles. The van der Waals surface area contributed by atoms with Crippen molar-refractivity contribution in [2.24, 2.45) is 5.92 Å². The number of amides is 1. The van der Waals surface area contributed by atoms with Crippen molar-refractivity contribution in [3.05, 3.63) is 24.3 Å². The molecule has 134 valence electrons. The lowest BCUT2D eigenvalue weighted by Gasteiger charge is -2.27. The molecule has 2 atom stereocenters. The van der Waals surface area contributed by atoms with Gasteiger partial charge in [-0.2, -0.15) is 8.42 Å². The molecule has 6 nitrogen and oxygen atoms in total. The molecule has 1 N–H and O–H groups in total. The average molecular weight is 355 g/mol. The van der Waals surface area contributed by atoms with Crippen LogP contribution >= 0.6 is 0 Å². The number of nitrogens with one attached hydrogen (secondary N) is 1. The van der Waals surface area contributed by atoms with E-state index in [0.29, 0.717) is 18.5 Å². The number of ether oxygens (including phenoxy) is 1. The number of carbonyl (C=O) groups is 1. The molecule has 1 amide bonds. The first-order valence-electron chi connectivity index (χ1n) is 8.19. The number of hydrogen-bond acceptors (Lipinski definition) is 5. The topological polar surface area (TPSA) is 81.7 Å². The Kier molecular flexibility index (Phi) is 6.23. The first-order valence-corrected chi connectivity index (χ1v) is 10.0. The van der Waals surface area contributed by atoms with Gasteiger partial charge in [0.2, 0.25) is 5.91 Å². The van der Waals surface area contributed by atoms with E-state index in [2.05, 4.69) is 5.32 Å². The maximum atomic E-state index is 12.4. The number of carbonyl (C=O) groups excluding carboxylic acids is 1. The van der Waals surface area contributed by atoms with Crippen LogP contribution in [0.4, 0.5) is 5.69 Å². The standard InChI is InChI=1S/C17H25NO5S/c1-12(2)22-15-9-7-14(8-10-15)18-17(19)13-5-4-6-16(11-13)23-24(3,20)21/h7-10,12-13,16H,4-6,11H2,1-3H3,(H,18,19). The zero-order valence-corrected chi connectivity index (χ0v) is 15.1. The molecule has 2 unspecified atom stereocenters. The lowest BCUT2D eigenvalue weighted by Crippen LogP contribution is -2.32. The second-order valence-electron chi connectivity index (χ2n) is 6.47. The van der Waals surface area contributed by atoms with Gasteiger partial charge in [0.1, 0.15) is 5.75 Å². The van der Waals surface area contributed by atoms with Crippen LogP contribution < -0.4 is 10.1 Å². The van der Waals surface area contributed by atoms with E-state index in [1.54, 1.807) is 12.1 Å². The second-order valence-corrected chi connectivity index (χ2v) is 8.07. The van der Waals surface area contributed by atoms with E-state index in [0.717, 1.165) is 24.8 Å². The van der Waals surface area contributed by atoms with E-state index in [1.165, 1.54) is 0 Å². The second kappa shape index (κ2) is 7.98. The van der Waals surface area contributed by atoms with Gasteiger partial charge in [-0.25, -0.2) is 0 Å². The quantitative estimate of drug-likeness (QED) is 0.794. The summed E-state index contributed by atoms with van der Waals surface area (Å²) in [5, 5.41) is 2.88. The molecule has 7 heteroatoms. The number of anilines is 1. The first kappa shape index (κ1) is 18.7. The zero-order valence-electron chi connectivity index (χ0n) is 14.3. The zero-order chi connectivity index (χ0) is 17.7. The van der Waals surface area contributed by atoms with E-state index in [4.69, 9.17) is 8.92 Å². The molecule has 0 heterocycles. The van der Waals surface area contributed by atoms with Crippen LogP contribution in [0.15, 0.2) is 24.3 Å². The maximum Gasteiger partial charge on any atom is 0.264 e. The summed E-state index contributed by atoms with van der Waals surface area (Å²) in [6, 6.07) is 7.21. The van der Waals surface area contributed by atoms with Crippen LogP contribution in [0.3, 0.4) is 0 Å². The maximum absolute atomic E-state index is 12.4. The van der Waals surface area contributed by atoms with Gasteiger partial charge in [0.25, 0.3) is 10.1 Å². The Morgan fingerprint density at radius 1 is 1.21 bits per heavy atom. The van der Waals surface area contributed by atoms with Gasteiger partial charge in [0, 0.05) is 11.6 Å². The van der Waals surface area contributed by atoms with Gasteiger partial charge in [-0.05, 0) is 57.4 Å². The van der Waals surface area contributed by atoms with Crippen molar-refractivity contribution in [1.29, 1.82) is 0 Å². The monoisotopic (exact) mass is 355 g/mol. The minimum absolute atomic E-state index is 0.0967. The molecule has 0 bridgehead atoms. The van der Waals surface area contributed by atoms with Crippen molar-refractivity contribution >= 4 is 21.7 Å². The van der Waals surface area contributed by atoms with Crippen LogP contribution in [-0.4, -0.2) is 32.8 Å². The fraction of sp³-hybridized carbons (Fsp3) is 0.588. The first-order chi connectivity index (χ1) is 11.2. The van der Waals surface area contributed by atoms with Crippen molar-refractivity contribution in [2.45, 2.75) is 51.7 Å². The Morgan fingerprint density at radius 3 is 2.46 bits per heavy atom. The largest absolute Gasteiger partial charge is 0.491 e. The highest BCUT2D eigenvalue weighted by Gasteiger charge is 2.29. The third-order valence-corrected chi connectivity index (χ3v) is 4.42. The van der Waals surface area contributed by atoms with Crippen molar-refractivity contribution in [3.63, 3.8) is 0 Å². The smallest absolute Gasteiger partial charge is 0.264 e. The molecule has 1 aromatic carbocycles. The van der Waals surface area contributed by atoms with Gasteiger partial charge in [-0.3, -0.25) is 8.98 Å². The third-order valence-electron chi connectivity index (χ3n) is 3.80. The summed E-state index contributed by atoms with van der Waals surface area (Å²) in [6.45, 7) is 3.90. The molecule has 1 aliphatic rings. The third kappa shape index (κ3) is 6.13. The Morgan fingerprint density at radius 2 is 1.88 bits per heavy atom. The van der Waals surface area contributed by atoms with Crippen LogP contribution in [0.1, 0.15) is 39.5 Å². The van der Waals surface area contributed by atoms with Gasteiger partial charge < -0.3 is 10.1 Å². The molecular weight excluding hydrogens is 330 g/mol. The highest BCUT2D eigenvalue weighted by molar-refractivity contribution is 7.86. The summed E-state index contributed by atoms with van der Waals surface area (Å²) in [4.78, 5) is 12.4. The lowest BCUT2D eigenvalue weighted by atomic mass is 9.86. The minimum Gasteiger partial charge on any atom is -0.491 e. The molecule has 0 aliphatic heterocycles. The molecule has 1 aliphatic carbocycles. The summed E-state index contributed by atoms with van der Waals surface area (Å²) < 4.78 is 33.1. The SMILES string of the molecule is CC(C)Oc1ccc(NC(=O)C2CCCC(OS(C)(=O)=O)C2)cc1. The minimum atomic E-state index is -3.49. The van der Waals surface area contributed by atoms with Crippen LogP contribution in [0.5, 0.6) is 5.75 Å². The fourth-order valence-corrected chi connectivity index (χ4v) is 3.52. The molecule has 1 aromatic rings. The van der Waals surface area contributed by atoms with E-state index >= 15 is 0 Å². The van der Waals surface area contributed by atoms with Crippen LogP contribution in [0, 0.1) is 5.92 Å². The fourth-order valence-electron chi connectivity index (χ4n) is 2.85. The van der Waals surface area contributed by atoms with Crippen molar-refractivity contribution < 1.29 is 22.1 Å². The van der Waals surface area contributed by atoms with E-state index in [-0.39, 0.29) is 17.9 Å². The number of rotatable bonds is 6. The Balaban J connectivity index is 1.91. The molecule has 1 fully saturated rings. The summed E-state index contributed by atoms with van der Waals surface area (Å²) in [6.07, 6.45) is 3.33. The van der Waals surface area contributed by atoms with Gasteiger partial charge in [-0.15, -0.1) is 0 Å². The van der Waals surface area contributed by atoms with Gasteiger partial charge in [0.05, 0.1) is 18.5 Å². The molecule has 0 saturated heterocycles. The highest BCUT2D eigenvalue weighted by atomic mass is 32.2. The normalized spacial score (nSPS) is 21.5. The molecule has 24 heavy (non-hydrogen) atoms. The summed E-state index contributed by atoms with van der Waals surface area (Å²) >= 11 is 0. The Labute approximate surface area is 143 Å². The predicted molar refractivity (Wildman–Crippen MR) is 92.5 cm³/mol. The van der Waals surface area contributed by atoms with Crippen molar-refractivity contribution in [1.82, 2.24) is 0 Å². The van der Waals surface area contributed by atoms with Crippen LogP contribution in [0.25, 0.3) is 0 Å². The van der Waals surface area contributed by atoms with Crippen molar-refractivity contribution in [2.75, 3.05) is 11.6 Å². The average Bonchev–Trinajstić information content (AvgIpc) is 2.47. The summed E-state index contributed by atoms with van der Waals surface area (Å²) in [5.41, 5.74) is 0.697. The molecule has 0 radical (unpaired) electrons. The lowest BCUT2D eigenvalue weighted by molar-refractivity contribution is -0.121. The molecule has 2 rings (SSSR count).